The number of aliphatic hydroxyl groups is 1. The Balaban J connectivity index is 1.98. The van der Waals surface area contributed by atoms with Gasteiger partial charge in [0.05, 0.1) is 6.10 Å². The first-order valence-electron chi connectivity index (χ1n) is 6.93. The second-order valence-electron chi connectivity index (χ2n) is 5.26. The number of rotatable bonds is 5. The number of anilines is 1. The molecule has 1 aromatic rings. The Labute approximate surface area is 119 Å². The number of aromatic nitrogens is 2. The van der Waals surface area contributed by atoms with Gasteiger partial charge in [0.25, 0.3) is 0 Å². The number of sulfonamides is 1. The fourth-order valence-electron chi connectivity index (χ4n) is 2.44. The zero-order valence-corrected chi connectivity index (χ0v) is 12.4. The lowest BCUT2D eigenvalue weighted by Gasteiger charge is -2.25. The molecule has 1 fully saturated rings. The average Bonchev–Trinajstić information content (AvgIpc) is 2.80. The molecule has 0 amide bonds. The molecule has 0 unspecified atom stereocenters. The van der Waals surface area contributed by atoms with E-state index in [9.17, 15) is 13.5 Å². The van der Waals surface area contributed by atoms with E-state index in [0.29, 0.717) is 13.1 Å². The van der Waals surface area contributed by atoms with E-state index in [4.69, 9.17) is 5.73 Å². The summed E-state index contributed by atoms with van der Waals surface area (Å²) in [5.74, 6) is 0.300. The molecule has 1 aliphatic carbocycles. The Bertz CT molecular complexity index is 547. The first-order valence-corrected chi connectivity index (χ1v) is 8.41. The fourth-order valence-corrected chi connectivity index (χ4v) is 3.63. The second kappa shape index (κ2) is 6.11. The van der Waals surface area contributed by atoms with E-state index in [-0.39, 0.29) is 22.7 Å². The largest absolute Gasteiger partial charge is 0.393 e. The van der Waals surface area contributed by atoms with Gasteiger partial charge in [0.15, 0.2) is 5.82 Å². The van der Waals surface area contributed by atoms with E-state index in [1.807, 2.05) is 6.92 Å². The number of aryl methyl sites for hydroxylation is 1. The molecule has 4 N–H and O–H groups in total. The van der Waals surface area contributed by atoms with Crippen LogP contribution in [0.15, 0.2) is 11.1 Å². The van der Waals surface area contributed by atoms with Gasteiger partial charge in [-0.25, -0.2) is 13.1 Å². The third-order valence-corrected chi connectivity index (χ3v) is 5.19. The molecule has 20 heavy (non-hydrogen) atoms. The smallest absolute Gasteiger partial charge is 0.245 e. The highest BCUT2D eigenvalue weighted by Gasteiger charge is 2.24. The van der Waals surface area contributed by atoms with Crippen molar-refractivity contribution < 1.29 is 13.5 Å². The first kappa shape index (κ1) is 15.3. The quantitative estimate of drug-likeness (QED) is 0.725. The van der Waals surface area contributed by atoms with Crippen molar-refractivity contribution in [3.8, 4) is 0 Å². The summed E-state index contributed by atoms with van der Waals surface area (Å²) < 4.78 is 28.5. The Morgan fingerprint density at radius 3 is 2.65 bits per heavy atom. The summed E-state index contributed by atoms with van der Waals surface area (Å²) in [5.41, 5.74) is 5.65. The maximum absolute atomic E-state index is 12.2. The summed E-state index contributed by atoms with van der Waals surface area (Å²) in [6, 6.07) is 0. The molecular formula is C12H22N4O3S. The molecule has 0 bridgehead atoms. The zero-order chi connectivity index (χ0) is 14.8. The van der Waals surface area contributed by atoms with Crippen LogP contribution in [0, 0.1) is 5.92 Å². The number of nitrogen functional groups attached to an aromatic ring is 1. The van der Waals surface area contributed by atoms with Gasteiger partial charge in [-0.2, -0.15) is 5.10 Å². The topological polar surface area (TPSA) is 110 Å². The molecule has 114 valence electrons. The van der Waals surface area contributed by atoms with Crippen molar-refractivity contribution in [2.24, 2.45) is 5.92 Å². The van der Waals surface area contributed by atoms with Gasteiger partial charge in [0.2, 0.25) is 10.0 Å². The number of hydrogen-bond acceptors (Lipinski definition) is 5. The number of nitrogens with two attached hydrogens (primary N) is 1. The van der Waals surface area contributed by atoms with Crippen LogP contribution >= 0.6 is 0 Å². The van der Waals surface area contributed by atoms with Crippen LogP contribution in [0.5, 0.6) is 0 Å². The molecular weight excluding hydrogens is 280 g/mol. The van der Waals surface area contributed by atoms with Crippen LogP contribution in [-0.2, 0) is 16.6 Å². The van der Waals surface area contributed by atoms with E-state index >= 15 is 0 Å². The standard InChI is InChI=1S/C12H22N4O3S/c1-2-16-8-11(12(13)15-16)20(18,19)14-7-9-3-5-10(17)6-4-9/h8-10,14,17H,2-7H2,1H3,(H2,13,15). The predicted octanol–water partition coefficient (Wildman–Crippen LogP) is 0.315. The molecule has 0 aromatic carbocycles. The van der Waals surface area contributed by atoms with Gasteiger partial charge in [-0.05, 0) is 38.5 Å². The van der Waals surface area contributed by atoms with E-state index in [1.54, 1.807) is 0 Å². The summed E-state index contributed by atoms with van der Waals surface area (Å²) in [7, 11) is -3.61. The molecule has 0 spiro atoms. The molecule has 1 aromatic heterocycles. The Morgan fingerprint density at radius 2 is 2.10 bits per heavy atom. The minimum Gasteiger partial charge on any atom is -0.393 e. The van der Waals surface area contributed by atoms with Crippen LogP contribution in [0.4, 0.5) is 5.82 Å². The van der Waals surface area contributed by atoms with Crippen molar-refractivity contribution >= 4 is 15.8 Å². The maximum Gasteiger partial charge on any atom is 0.245 e. The van der Waals surface area contributed by atoms with Gasteiger partial charge >= 0.3 is 0 Å². The number of hydrogen-bond donors (Lipinski definition) is 3. The van der Waals surface area contributed by atoms with Crippen molar-refractivity contribution in [1.29, 1.82) is 0 Å². The maximum atomic E-state index is 12.2. The summed E-state index contributed by atoms with van der Waals surface area (Å²) >= 11 is 0. The van der Waals surface area contributed by atoms with Gasteiger partial charge in [0, 0.05) is 19.3 Å². The highest BCUT2D eigenvalue weighted by molar-refractivity contribution is 7.89. The molecule has 1 saturated carbocycles. The van der Waals surface area contributed by atoms with E-state index in [2.05, 4.69) is 9.82 Å². The SMILES string of the molecule is CCn1cc(S(=O)(=O)NCC2CCC(O)CC2)c(N)n1. The molecule has 0 radical (unpaired) electrons. The molecule has 1 aliphatic rings. The first-order chi connectivity index (χ1) is 9.42. The summed E-state index contributed by atoms with van der Waals surface area (Å²) in [6.45, 7) is 2.82. The van der Waals surface area contributed by atoms with E-state index in [0.717, 1.165) is 25.7 Å². The molecule has 0 atom stereocenters. The van der Waals surface area contributed by atoms with Crippen molar-refractivity contribution in [3.63, 3.8) is 0 Å². The average molecular weight is 302 g/mol. The van der Waals surface area contributed by atoms with E-state index < -0.39 is 10.0 Å². The predicted molar refractivity (Wildman–Crippen MR) is 75.5 cm³/mol. The van der Waals surface area contributed by atoms with Crippen LogP contribution in [-0.4, -0.2) is 36.0 Å². The third kappa shape index (κ3) is 3.50. The van der Waals surface area contributed by atoms with Crippen LogP contribution in [0.1, 0.15) is 32.6 Å². The van der Waals surface area contributed by atoms with Gasteiger partial charge in [-0.1, -0.05) is 0 Å². The number of nitrogens with zero attached hydrogens (tertiary/aromatic N) is 2. The third-order valence-electron chi connectivity index (χ3n) is 3.75. The summed E-state index contributed by atoms with van der Waals surface area (Å²) in [5, 5.41) is 13.4. The number of nitrogens with one attached hydrogen (secondary N) is 1. The monoisotopic (exact) mass is 302 g/mol. The molecule has 2 rings (SSSR count). The summed E-state index contributed by atoms with van der Waals surface area (Å²) in [4.78, 5) is 0.0372. The molecule has 1 heterocycles. The van der Waals surface area contributed by atoms with Crippen LogP contribution < -0.4 is 10.5 Å². The molecule has 8 heteroatoms. The minimum atomic E-state index is -3.61. The Morgan fingerprint density at radius 1 is 1.45 bits per heavy atom. The molecule has 0 saturated heterocycles. The minimum absolute atomic E-state index is 0.0263. The normalized spacial score (nSPS) is 23.9. The Hall–Kier alpha value is -1.12. The number of aliphatic hydroxyl groups excluding tert-OH is 1. The van der Waals surface area contributed by atoms with Crippen LogP contribution in [0.3, 0.4) is 0 Å². The van der Waals surface area contributed by atoms with Crippen LogP contribution in [0.2, 0.25) is 0 Å². The van der Waals surface area contributed by atoms with Gasteiger partial charge in [-0.3, -0.25) is 4.68 Å². The lowest BCUT2D eigenvalue weighted by atomic mass is 9.88. The van der Waals surface area contributed by atoms with Crippen molar-refractivity contribution in [3.05, 3.63) is 6.20 Å². The Kier molecular flexibility index (Phi) is 4.66. The second-order valence-corrected chi connectivity index (χ2v) is 7.00. The molecule has 7 nitrogen and oxygen atoms in total. The highest BCUT2D eigenvalue weighted by atomic mass is 32.2. The van der Waals surface area contributed by atoms with E-state index in [1.165, 1.54) is 10.9 Å². The lowest BCUT2D eigenvalue weighted by molar-refractivity contribution is 0.109. The lowest BCUT2D eigenvalue weighted by Crippen LogP contribution is -2.32. The van der Waals surface area contributed by atoms with Crippen molar-refractivity contribution in [2.75, 3.05) is 12.3 Å². The summed E-state index contributed by atoms with van der Waals surface area (Å²) in [6.07, 6.45) is 4.37. The van der Waals surface area contributed by atoms with Crippen molar-refractivity contribution in [1.82, 2.24) is 14.5 Å². The zero-order valence-electron chi connectivity index (χ0n) is 11.6. The van der Waals surface area contributed by atoms with Gasteiger partial charge in [0.1, 0.15) is 4.90 Å². The fraction of sp³-hybridized carbons (Fsp3) is 0.750. The van der Waals surface area contributed by atoms with Crippen molar-refractivity contribution in [2.45, 2.75) is 50.2 Å². The highest BCUT2D eigenvalue weighted by Crippen LogP contribution is 2.24. The van der Waals surface area contributed by atoms with Crippen LogP contribution in [0.25, 0.3) is 0 Å². The van der Waals surface area contributed by atoms with Gasteiger partial charge < -0.3 is 10.8 Å². The van der Waals surface area contributed by atoms with Gasteiger partial charge in [-0.15, -0.1) is 0 Å². The molecule has 0 aliphatic heterocycles.